The molecule has 2 aliphatic rings. The molecule has 12 nitrogen and oxygen atoms in total. The minimum Gasteiger partial charge on any atom is -0.378 e. The number of aromatic nitrogens is 4. The van der Waals surface area contributed by atoms with Crippen LogP contribution in [0.4, 0.5) is 8.78 Å². The van der Waals surface area contributed by atoms with Crippen molar-refractivity contribution in [2.45, 2.75) is 71.9 Å². The number of nitrogens with one attached hydrogen (secondary N) is 2. The van der Waals surface area contributed by atoms with Gasteiger partial charge in [-0.15, -0.1) is 11.3 Å². The molecule has 0 bridgehead atoms. The van der Waals surface area contributed by atoms with Crippen LogP contribution in [0.3, 0.4) is 0 Å². The van der Waals surface area contributed by atoms with E-state index in [0.29, 0.717) is 36.4 Å². The molecule has 0 saturated heterocycles. The molecule has 1 aliphatic carbocycles. The van der Waals surface area contributed by atoms with Gasteiger partial charge in [-0.1, -0.05) is 18.5 Å². The molecule has 1 fully saturated rings. The molecule has 2 N–H and O–H groups in total. The summed E-state index contributed by atoms with van der Waals surface area (Å²) in [6.45, 7) is 7.83. The third kappa shape index (κ3) is 7.65. The van der Waals surface area contributed by atoms with Gasteiger partial charge in [0.25, 0.3) is 11.8 Å². The topological polar surface area (TPSA) is 143 Å². The van der Waals surface area contributed by atoms with Gasteiger partial charge in [-0.3, -0.25) is 14.4 Å². The van der Waals surface area contributed by atoms with Crippen LogP contribution in [0.15, 0.2) is 46.9 Å². The lowest BCUT2D eigenvalue weighted by atomic mass is 9.95. The molecule has 0 aromatic carbocycles. The van der Waals surface area contributed by atoms with Crippen LogP contribution >= 0.6 is 11.3 Å². The van der Waals surface area contributed by atoms with E-state index in [2.05, 4.69) is 30.8 Å². The summed E-state index contributed by atoms with van der Waals surface area (Å²) in [5, 5.41) is 16.1. The summed E-state index contributed by atoms with van der Waals surface area (Å²) in [6, 6.07) is 1.13. The van der Waals surface area contributed by atoms with E-state index in [-0.39, 0.29) is 40.7 Å². The molecule has 1 aliphatic heterocycles. The Balaban J connectivity index is 1.36. The third-order valence-corrected chi connectivity index (χ3v) is 8.30. The van der Waals surface area contributed by atoms with Crippen molar-refractivity contribution in [1.29, 1.82) is 0 Å². The van der Waals surface area contributed by atoms with Gasteiger partial charge in [-0.05, 0) is 44.2 Å². The molecule has 2 amide bonds. The zero-order chi connectivity index (χ0) is 33.0. The van der Waals surface area contributed by atoms with Crippen LogP contribution in [0.2, 0.25) is 0 Å². The molecule has 3 aromatic heterocycles. The smallest absolute Gasteiger partial charge is 0.275 e. The van der Waals surface area contributed by atoms with E-state index in [1.54, 1.807) is 10.9 Å². The fourth-order valence-electron chi connectivity index (χ4n) is 5.29. The standard InChI is InChI=1S/C31H34F2N8O4S/c1-5-45-21-8-6-20(7-9-21)40-15-24(28(39-40)27-22(32)10-11-26(33)38-27)36-29(43)25-16-46-30(37-25)19-13-34-41(14-19)31(44)23(12-17(2)3)35-18(4)42/h10-11,13-17,21,23H,5-9,12H2,1-4H3,(H-,35,36,42,43)/p+1/t21?,23-/m0/s1. The number of ether oxygens (including phenoxy) is 1. The SMILES string of the molecule is CCOC1CCC(=[N+]2C=C(NC(=O)c3csc(-c4cnn(C(=O)[C@H](CC(C)C)NC(C)=O)c4)n3)C(c3nc(F)ccc3F)=N2)CC1. The summed E-state index contributed by atoms with van der Waals surface area (Å²) >= 11 is 1.17. The maximum atomic E-state index is 14.8. The Kier molecular flexibility index (Phi) is 10.2. The normalized spacial score (nSPS) is 17.2. The Morgan fingerprint density at radius 3 is 2.63 bits per heavy atom. The molecule has 4 heterocycles. The maximum Gasteiger partial charge on any atom is 0.275 e. The van der Waals surface area contributed by atoms with Gasteiger partial charge in [0.05, 0.1) is 12.3 Å². The largest absolute Gasteiger partial charge is 0.378 e. The molecular weight excluding hydrogens is 618 g/mol. The van der Waals surface area contributed by atoms with Crippen LogP contribution in [-0.2, 0) is 9.53 Å². The number of rotatable bonds is 10. The second-order valence-corrected chi connectivity index (χ2v) is 12.3. The number of hydrazone groups is 1. The average molecular weight is 654 g/mol. The van der Waals surface area contributed by atoms with E-state index in [1.165, 1.54) is 36.0 Å². The van der Waals surface area contributed by atoms with Crippen molar-refractivity contribution >= 4 is 40.5 Å². The Morgan fingerprint density at radius 1 is 1.17 bits per heavy atom. The van der Waals surface area contributed by atoms with Gasteiger partial charge in [-0.25, -0.2) is 19.0 Å². The highest BCUT2D eigenvalue weighted by molar-refractivity contribution is 7.13. The van der Waals surface area contributed by atoms with E-state index < -0.39 is 29.6 Å². The summed E-state index contributed by atoms with van der Waals surface area (Å²) < 4.78 is 37.4. The highest BCUT2D eigenvalue weighted by Gasteiger charge is 2.34. The van der Waals surface area contributed by atoms with Crippen LogP contribution in [0.5, 0.6) is 0 Å². The third-order valence-electron chi connectivity index (χ3n) is 7.41. The molecule has 242 valence electrons. The zero-order valence-electron chi connectivity index (χ0n) is 25.9. The Hall–Kier alpha value is -4.50. The predicted molar refractivity (Wildman–Crippen MR) is 166 cm³/mol. The maximum absolute atomic E-state index is 14.8. The minimum atomic E-state index is -0.885. The Morgan fingerprint density at radius 2 is 1.93 bits per heavy atom. The van der Waals surface area contributed by atoms with Crippen LogP contribution < -0.4 is 10.6 Å². The van der Waals surface area contributed by atoms with Crippen molar-refractivity contribution < 1.29 is 32.6 Å². The monoisotopic (exact) mass is 653 g/mol. The number of carbonyl (C=O) groups is 3. The first-order valence-corrected chi connectivity index (χ1v) is 15.9. The first kappa shape index (κ1) is 32.9. The highest BCUT2D eigenvalue weighted by Crippen LogP contribution is 2.25. The number of nitrogens with zero attached hydrogens (tertiary/aromatic N) is 6. The molecule has 3 aromatic rings. The van der Waals surface area contributed by atoms with Crippen LogP contribution in [0, 0.1) is 17.7 Å². The van der Waals surface area contributed by atoms with Gasteiger partial charge in [0, 0.05) is 48.6 Å². The van der Waals surface area contributed by atoms with Crippen molar-refractivity contribution in [2.75, 3.05) is 6.61 Å². The summed E-state index contributed by atoms with van der Waals surface area (Å²) in [4.78, 5) is 46.2. The summed E-state index contributed by atoms with van der Waals surface area (Å²) in [5.74, 6) is -2.83. The molecule has 0 unspecified atom stereocenters. The average Bonchev–Trinajstić information content (AvgIpc) is 3.78. The highest BCUT2D eigenvalue weighted by atomic mass is 32.1. The lowest BCUT2D eigenvalue weighted by Crippen LogP contribution is -2.43. The van der Waals surface area contributed by atoms with Gasteiger partial charge in [0.15, 0.2) is 17.2 Å². The van der Waals surface area contributed by atoms with Gasteiger partial charge in [0.2, 0.25) is 18.1 Å². The summed E-state index contributed by atoms with van der Waals surface area (Å²) in [7, 11) is 0. The van der Waals surface area contributed by atoms with E-state index in [4.69, 9.17) is 4.74 Å². The van der Waals surface area contributed by atoms with Gasteiger partial charge in [-0.2, -0.15) is 9.49 Å². The molecule has 0 spiro atoms. The second kappa shape index (κ2) is 14.3. The fourth-order valence-corrected chi connectivity index (χ4v) is 6.07. The number of thiazole rings is 1. The van der Waals surface area contributed by atoms with Crippen molar-refractivity contribution in [3.8, 4) is 10.6 Å². The van der Waals surface area contributed by atoms with E-state index >= 15 is 0 Å². The number of carbonyl (C=O) groups excluding carboxylic acids is 3. The number of allylic oxidation sites excluding steroid dienone is 1. The van der Waals surface area contributed by atoms with Gasteiger partial charge in [0.1, 0.15) is 28.1 Å². The van der Waals surface area contributed by atoms with Crippen LogP contribution in [-0.4, -0.2) is 72.3 Å². The number of hydrogen-bond acceptors (Lipinski definition) is 9. The second-order valence-electron chi connectivity index (χ2n) is 11.4. The molecule has 1 atom stereocenters. The van der Waals surface area contributed by atoms with Gasteiger partial charge >= 0.3 is 0 Å². The number of halogens is 2. The summed E-state index contributed by atoms with van der Waals surface area (Å²) in [5.41, 5.74) is 1.31. The number of amides is 2. The van der Waals surface area contributed by atoms with Crippen molar-refractivity contribution in [3.05, 3.63) is 65.0 Å². The first-order valence-electron chi connectivity index (χ1n) is 15.0. The molecule has 5 rings (SSSR count). The molecule has 0 radical (unpaired) electrons. The van der Waals surface area contributed by atoms with Crippen molar-refractivity contribution in [2.24, 2.45) is 11.0 Å². The molecule has 1 saturated carbocycles. The Labute approximate surface area is 268 Å². The lowest BCUT2D eigenvalue weighted by Gasteiger charge is -2.20. The molecule has 15 heteroatoms. The summed E-state index contributed by atoms with van der Waals surface area (Å²) in [6.07, 6.45) is 8.07. The lowest BCUT2D eigenvalue weighted by molar-refractivity contribution is -0.461. The quantitative estimate of drug-likeness (QED) is 0.246. The zero-order valence-corrected chi connectivity index (χ0v) is 26.7. The molecule has 46 heavy (non-hydrogen) atoms. The first-order chi connectivity index (χ1) is 22.0. The van der Waals surface area contributed by atoms with Gasteiger partial charge < -0.3 is 15.4 Å². The van der Waals surface area contributed by atoms with Crippen LogP contribution in [0.1, 0.15) is 80.8 Å². The van der Waals surface area contributed by atoms with Crippen molar-refractivity contribution in [3.63, 3.8) is 0 Å². The molecular formula is C31H35F2N8O4S+. The number of hydrogen-bond donors (Lipinski definition) is 2. The Bertz CT molecular complexity index is 1730. The van der Waals surface area contributed by atoms with Crippen molar-refractivity contribution in [1.82, 2.24) is 30.4 Å². The fraction of sp³-hybridized carbons (Fsp3) is 0.419. The van der Waals surface area contributed by atoms with E-state index in [1.807, 2.05) is 20.8 Å². The predicted octanol–water partition coefficient (Wildman–Crippen LogP) is 4.29. The number of pyridine rings is 1. The minimum absolute atomic E-state index is 0.0184. The van der Waals surface area contributed by atoms with E-state index in [0.717, 1.165) is 35.4 Å². The van der Waals surface area contributed by atoms with Crippen LogP contribution in [0.25, 0.3) is 10.6 Å². The van der Waals surface area contributed by atoms with E-state index in [9.17, 15) is 23.2 Å².